The molecule has 1 aliphatic carbocycles. The maximum Gasteiger partial charge on any atom is 0.317 e. The number of piperidine rings is 1. The lowest BCUT2D eigenvalue weighted by atomic mass is 9.75. The van der Waals surface area contributed by atoms with Crippen molar-refractivity contribution in [1.29, 1.82) is 0 Å². The van der Waals surface area contributed by atoms with Crippen LogP contribution in [0, 0.1) is 11.8 Å². The van der Waals surface area contributed by atoms with Crippen molar-refractivity contribution in [3.8, 4) is 5.69 Å². The molecule has 1 saturated carbocycles. The van der Waals surface area contributed by atoms with Crippen molar-refractivity contribution in [1.82, 2.24) is 19.8 Å². The molecule has 132 valence electrons. The van der Waals surface area contributed by atoms with Gasteiger partial charge in [-0.25, -0.2) is 9.78 Å². The number of carbonyl (C=O) groups excluding carboxylic acids is 1. The second-order valence-corrected chi connectivity index (χ2v) is 7.15. The van der Waals surface area contributed by atoms with Crippen molar-refractivity contribution in [2.24, 2.45) is 11.8 Å². The third-order valence-electron chi connectivity index (χ3n) is 5.47. The Kier molecular flexibility index (Phi) is 4.44. The van der Waals surface area contributed by atoms with E-state index >= 15 is 0 Å². The molecular formula is C19H24N4O2. The zero-order chi connectivity index (χ0) is 17.2. The molecule has 2 unspecified atom stereocenters. The summed E-state index contributed by atoms with van der Waals surface area (Å²) >= 11 is 0. The van der Waals surface area contributed by atoms with Gasteiger partial charge in [0.2, 0.25) is 0 Å². The summed E-state index contributed by atoms with van der Waals surface area (Å²) in [5.74, 6) is 0.477. The summed E-state index contributed by atoms with van der Waals surface area (Å²) in [5, 5.41) is 13.3. The number of hydrogen-bond donors (Lipinski definition) is 2. The predicted octanol–water partition coefficient (Wildman–Crippen LogP) is 2.17. The predicted molar refractivity (Wildman–Crippen MR) is 94.2 cm³/mol. The number of likely N-dealkylation sites (tertiary alicyclic amines) is 1. The number of fused-ring (bicyclic) bond motifs is 2. The van der Waals surface area contributed by atoms with E-state index in [4.69, 9.17) is 0 Å². The minimum absolute atomic E-state index is 0.0307. The Balaban J connectivity index is 1.37. The molecular weight excluding hydrogens is 316 g/mol. The van der Waals surface area contributed by atoms with Crippen LogP contribution in [-0.2, 0) is 6.54 Å². The summed E-state index contributed by atoms with van der Waals surface area (Å²) in [6, 6.07) is 8.03. The molecule has 0 spiro atoms. The number of nitrogens with one attached hydrogen (secondary N) is 1. The Morgan fingerprint density at radius 2 is 2.08 bits per heavy atom. The van der Waals surface area contributed by atoms with Gasteiger partial charge in [-0.05, 0) is 30.5 Å². The number of aliphatic hydroxyl groups is 1. The quantitative estimate of drug-likeness (QED) is 0.900. The molecule has 2 aromatic rings. The lowest BCUT2D eigenvalue weighted by Gasteiger charge is -2.44. The maximum atomic E-state index is 12.5. The zero-order valence-corrected chi connectivity index (χ0v) is 14.2. The van der Waals surface area contributed by atoms with Gasteiger partial charge in [0.25, 0.3) is 0 Å². The summed E-state index contributed by atoms with van der Waals surface area (Å²) in [6.45, 7) is 1.83. The van der Waals surface area contributed by atoms with Gasteiger partial charge in [-0.1, -0.05) is 18.6 Å². The van der Waals surface area contributed by atoms with Gasteiger partial charge >= 0.3 is 6.03 Å². The standard InChI is InChI=1S/C19H24N4O2/c24-18-15-4-2-5-16(18)12-23(11-15)19(25)21-10-14-3-1-6-17(9-14)22-8-7-20-13-22/h1,3,6-9,13,15-16,18,24H,2,4-5,10-12H2,(H,21,25). The highest BCUT2D eigenvalue weighted by atomic mass is 16.3. The minimum Gasteiger partial charge on any atom is -0.392 e. The second kappa shape index (κ2) is 6.88. The number of rotatable bonds is 3. The monoisotopic (exact) mass is 340 g/mol. The topological polar surface area (TPSA) is 70.4 Å². The van der Waals surface area contributed by atoms with E-state index in [9.17, 15) is 9.90 Å². The third-order valence-corrected chi connectivity index (χ3v) is 5.47. The number of nitrogens with zero attached hydrogens (tertiary/aromatic N) is 3. The van der Waals surface area contributed by atoms with Crippen molar-refractivity contribution in [3.63, 3.8) is 0 Å². The molecule has 1 aliphatic heterocycles. The van der Waals surface area contributed by atoms with Gasteiger partial charge in [0.15, 0.2) is 0 Å². The molecule has 2 amide bonds. The van der Waals surface area contributed by atoms with Gasteiger partial charge in [0, 0.05) is 49.6 Å². The van der Waals surface area contributed by atoms with Gasteiger partial charge < -0.3 is 19.9 Å². The molecule has 2 bridgehead atoms. The molecule has 1 saturated heterocycles. The molecule has 2 atom stereocenters. The summed E-state index contributed by atoms with van der Waals surface area (Å²) in [5.41, 5.74) is 2.08. The fourth-order valence-electron chi connectivity index (χ4n) is 4.10. The second-order valence-electron chi connectivity index (χ2n) is 7.15. The van der Waals surface area contributed by atoms with Gasteiger partial charge in [0.05, 0.1) is 12.4 Å². The highest BCUT2D eigenvalue weighted by Crippen LogP contribution is 2.34. The Labute approximate surface area is 147 Å². The molecule has 25 heavy (non-hydrogen) atoms. The fraction of sp³-hybridized carbons (Fsp3) is 0.474. The van der Waals surface area contributed by atoms with Crippen molar-refractivity contribution in [3.05, 3.63) is 48.5 Å². The summed E-state index contributed by atoms with van der Waals surface area (Å²) in [6.07, 6.45) is 8.39. The lowest BCUT2D eigenvalue weighted by molar-refractivity contribution is -0.0367. The van der Waals surface area contributed by atoms with Crippen molar-refractivity contribution >= 4 is 6.03 Å². The Morgan fingerprint density at radius 1 is 1.28 bits per heavy atom. The van der Waals surface area contributed by atoms with E-state index in [1.165, 1.54) is 6.42 Å². The first kappa shape index (κ1) is 16.1. The Hall–Kier alpha value is -2.34. The van der Waals surface area contributed by atoms with Crippen molar-refractivity contribution in [2.75, 3.05) is 13.1 Å². The van der Waals surface area contributed by atoms with Crippen LogP contribution < -0.4 is 5.32 Å². The zero-order valence-electron chi connectivity index (χ0n) is 14.2. The molecule has 1 aromatic carbocycles. The Bertz CT molecular complexity index is 717. The molecule has 2 aliphatic rings. The van der Waals surface area contributed by atoms with Crippen molar-refractivity contribution < 1.29 is 9.90 Å². The average Bonchev–Trinajstić information content (AvgIpc) is 3.14. The van der Waals surface area contributed by atoms with E-state index < -0.39 is 0 Å². The van der Waals surface area contributed by atoms with E-state index in [1.807, 2.05) is 33.9 Å². The first-order valence-electron chi connectivity index (χ1n) is 8.99. The number of amides is 2. The van der Waals surface area contributed by atoms with Crippen LogP contribution in [0.25, 0.3) is 5.69 Å². The number of imidazole rings is 1. The molecule has 2 N–H and O–H groups in total. The van der Waals surface area contributed by atoms with Crippen LogP contribution in [0.1, 0.15) is 24.8 Å². The molecule has 2 heterocycles. The fourth-order valence-corrected chi connectivity index (χ4v) is 4.10. The summed E-state index contributed by atoms with van der Waals surface area (Å²) in [4.78, 5) is 18.5. The van der Waals surface area contributed by atoms with Gasteiger partial charge in [-0.2, -0.15) is 0 Å². The average molecular weight is 340 g/mol. The molecule has 1 aromatic heterocycles. The molecule has 2 fully saturated rings. The molecule has 6 nitrogen and oxygen atoms in total. The van der Waals surface area contributed by atoms with E-state index in [0.717, 1.165) is 24.1 Å². The highest BCUT2D eigenvalue weighted by Gasteiger charge is 2.39. The van der Waals surface area contributed by atoms with E-state index in [-0.39, 0.29) is 24.0 Å². The number of benzene rings is 1. The van der Waals surface area contributed by atoms with Crippen LogP contribution in [0.3, 0.4) is 0 Å². The van der Waals surface area contributed by atoms with E-state index in [0.29, 0.717) is 19.6 Å². The normalized spacial score (nSPS) is 25.6. The Morgan fingerprint density at radius 3 is 2.80 bits per heavy atom. The van der Waals surface area contributed by atoms with E-state index in [1.54, 1.807) is 12.5 Å². The van der Waals surface area contributed by atoms with Crippen LogP contribution in [0.4, 0.5) is 4.79 Å². The highest BCUT2D eigenvalue weighted by molar-refractivity contribution is 5.74. The van der Waals surface area contributed by atoms with Gasteiger partial charge in [0.1, 0.15) is 0 Å². The largest absolute Gasteiger partial charge is 0.392 e. The van der Waals surface area contributed by atoms with Crippen molar-refractivity contribution in [2.45, 2.75) is 31.9 Å². The van der Waals surface area contributed by atoms with Crippen LogP contribution in [0.15, 0.2) is 43.0 Å². The third kappa shape index (κ3) is 3.39. The van der Waals surface area contributed by atoms with Gasteiger partial charge in [-0.3, -0.25) is 0 Å². The summed E-state index contributed by atoms with van der Waals surface area (Å²) in [7, 11) is 0. The van der Waals surface area contributed by atoms with E-state index in [2.05, 4.69) is 16.4 Å². The lowest BCUT2D eigenvalue weighted by Crippen LogP contribution is -2.55. The first-order valence-corrected chi connectivity index (χ1v) is 8.99. The van der Waals surface area contributed by atoms with Crippen LogP contribution in [0.5, 0.6) is 0 Å². The van der Waals surface area contributed by atoms with Crippen LogP contribution >= 0.6 is 0 Å². The number of urea groups is 1. The minimum atomic E-state index is -0.232. The summed E-state index contributed by atoms with van der Waals surface area (Å²) < 4.78 is 1.94. The molecule has 6 heteroatoms. The van der Waals surface area contributed by atoms with Gasteiger partial charge in [-0.15, -0.1) is 0 Å². The molecule has 4 rings (SSSR count). The van der Waals surface area contributed by atoms with Crippen LogP contribution in [0.2, 0.25) is 0 Å². The van der Waals surface area contributed by atoms with Crippen LogP contribution in [-0.4, -0.2) is 44.8 Å². The maximum absolute atomic E-state index is 12.5. The number of carbonyl (C=O) groups is 1. The smallest absolute Gasteiger partial charge is 0.317 e. The first-order chi connectivity index (χ1) is 12.2. The number of aromatic nitrogens is 2. The SMILES string of the molecule is O=C(NCc1cccc(-n2ccnc2)c1)N1CC2CCCC(C1)C2O. The number of hydrogen-bond acceptors (Lipinski definition) is 3. The molecule has 0 radical (unpaired) electrons. The number of aliphatic hydroxyl groups excluding tert-OH is 1.